The Bertz CT molecular complexity index is 1290. The van der Waals surface area contributed by atoms with Gasteiger partial charge in [0.05, 0.1) is 23.0 Å². The third-order valence-electron chi connectivity index (χ3n) is 6.62. The number of amides is 2. The Balaban J connectivity index is 1.85. The van der Waals surface area contributed by atoms with Crippen molar-refractivity contribution in [3.05, 3.63) is 89.5 Å². The third-order valence-corrected chi connectivity index (χ3v) is 6.62. The highest BCUT2D eigenvalue weighted by Gasteiger charge is 2.59. The largest absolute Gasteiger partial charge is 0.416 e. The molecular weight excluding hydrogens is 445 g/mol. The molecule has 0 bridgehead atoms. The summed E-state index contributed by atoms with van der Waals surface area (Å²) >= 11 is 0. The van der Waals surface area contributed by atoms with E-state index in [4.69, 9.17) is 0 Å². The van der Waals surface area contributed by atoms with Gasteiger partial charge in [0.25, 0.3) is 5.91 Å². The summed E-state index contributed by atoms with van der Waals surface area (Å²) in [7, 11) is 0. The van der Waals surface area contributed by atoms with Crippen molar-refractivity contribution in [3.8, 4) is 0 Å². The Hall–Kier alpha value is -3.65. The Morgan fingerprint density at radius 3 is 2.29 bits per heavy atom. The van der Waals surface area contributed by atoms with E-state index in [2.05, 4.69) is 0 Å². The van der Waals surface area contributed by atoms with Crippen LogP contribution in [0.1, 0.15) is 36.1 Å². The molecule has 3 aromatic rings. The number of likely N-dealkylation sites (N-methyl/N-ethyl adjacent to an activating group) is 1. The molecule has 3 aromatic carbocycles. The summed E-state index contributed by atoms with van der Waals surface area (Å²) < 4.78 is 41.0. The molecule has 2 atom stereocenters. The molecule has 5 rings (SSSR count). The van der Waals surface area contributed by atoms with Crippen LogP contribution < -0.4 is 9.80 Å². The Morgan fingerprint density at radius 2 is 1.62 bits per heavy atom. The molecule has 2 aliphatic rings. The highest BCUT2D eigenvalue weighted by molar-refractivity contribution is 6.27. The molecule has 2 amide bonds. The van der Waals surface area contributed by atoms with Crippen LogP contribution in [0.4, 0.5) is 30.2 Å². The van der Waals surface area contributed by atoms with E-state index < -0.39 is 35.1 Å². The number of halogens is 3. The Labute approximate surface area is 194 Å². The summed E-state index contributed by atoms with van der Waals surface area (Å²) in [6.45, 7) is 1.83. The second-order valence-corrected chi connectivity index (χ2v) is 8.44. The molecule has 0 aromatic heterocycles. The Morgan fingerprint density at radius 1 is 0.941 bits per heavy atom. The number of anilines is 3. The van der Waals surface area contributed by atoms with Crippen LogP contribution in [0, 0.1) is 0 Å². The number of alkyl halides is 3. The van der Waals surface area contributed by atoms with Gasteiger partial charge in [0.15, 0.2) is 5.41 Å². The second kappa shape index (κ2) is 7.70. The summed E-state index contributed by atoms with van der Waals surface area (Å²) in [6.07, 6.45) is -5.89. The zero-order chi connectivity index (χ0) is 24.3. The fraction of sp³-hybridized carbons (Fsp3) is 0.231. The highest BCUT2D eigenvalue weighted by Crippen LogP contribution is 2.52. The van der Waals surface area contributed by atoms with Crippen LogP contribution in [0.2, 0.25) is 0 Å². The van der Waals surface area contributed by atoms with Gasteiger partial charge in [-0.25, -0.2) is 0 Å². The lowest BCUT2D eigenvalue weighted by Gasteiger charge is -2.32. The van der Waals surface area contributed by atoms with E-state index >= 15 is 0 Å². The molecule has 0 saturated carbocycles. The molecule has 1 N–H and O–H groups in total. The zero-order valence-electron chi connectivity index (χ0n) is 18.2. The third kappa shape index (κ3) is 3.05. The van der Waals surface area contributed by atoms with Crippen molar-refractivity contribution < 1.29 is 27.9 Å². The van der Waals surface area contributed by atoms with Crippen LogP contribution in [0.15, 0.2) is 72.8 Å². The number of nitrogens with zero attached hydrogens (tertiary/aromatic N) is 2. The minimum Gasteiger partial charge on any atom is -0.388 e. The lowest BCUT2D eigenvalue weighted by Crippen LogP contribution is -2.53. The van der Waals surface area contributed by atoms with Crippen molar-refractivity contribution in [2.45, 2.75) is 31.0 Å². The van der Waals surface area contributed by atoms with E-state index in [1.807, 2.05) is 0 Å². The normalized spacial score (nSPS) is 22.1. The number of carbonyl (C=O) groups is 2. The second-order valence-electron chi connectivity index (χ2n) is 8.44. The molecule has 1 aliphatic carbocycles. The smallest absolute Gasteiger partial charge is 0.388 e. The lowest BCUT2D eigenvalue weighted by atomic mass is 9.78. The predicted octanol–water partition coefficient (Wildman–Crippen LogP) is 5.11. The monoisotopic (exact) mass is 466 g/mol. The van der Waals surface area contributed by atoms with Gasteiger partial charge in [-0.3, -0.25) is 14.5 Å². The van der Waals surface area contributed by atoms with Crippen LogP contribution in [-0.2, 0) is 21.2 Å². The average Bonchev–Trinajstić information content (AvgIpc) is 3.10. The number of rotatable bonds is 2. The first-order valence-corrected chi connectivity index (χ1v) is 10.9. The molecule has 0 radical (unpaired) electrons. The molecule has 174 valence electrons. The lowest BCUT2D eigenvalue weighted by molar-refractivity contribution is -0.138. The molecule has 1 heterocycles. The van der Waals surface area contributed by atoms with E-state index in [1.165, 1.54) is 15.9 Å². The Kier molecular flexibility index (Phi) is 5.02. The van der Waals surface area contributed by atoms with Gasteiger partial charge in [-0.1, -0.05) is 42.5 Å². The van der Waals surface area contributed by atoms with Crippen molar-refractivity contribution in [2.75, 3.05) is 16.3 Å². The number of aliphatic hydroxyl groups is 1. The molecule has 34 heavy (non-hydrogen) atoms. The van der Waals surface area contributed by atoms with Crippen LogP contribution in [0.3, 0.4) is 0 Å². The van der Waals surface area contributed by atoms with Gasteiger partial charge in [0.1, 0.15) is 0 Å². The first-order chi connectivity index (χ1) is 16.2. The minimum absolute atomic E-state index is 0.0306. The van der Waals surface area contributed by atoms with Gasteiger partial charge >= 0.3 is 6.18 Å². The van der Waals surface area contributed by atoms with Crippen LogP contribution in [0.5, 0.6) is 0 Å². The molecule has 5 nitrogen and oxygen atoms in total. The van der Waals surface area contributed by atoms with Crippen molar-refractivity contribution in [1.29, 1.82) is 0 Å². The summed E-state index contributed by atoms with van der Waals surface area (Å²) in [4.78, 5) is 31.0. The number of benzene rings is 3. The molecule has 1 spiro atoms. The van der Waals surface area contributed by atoms with Crippen molar-refractivity contribution in [2.24, 2.45) is 0 Å². The summed E-state index contributed by atoms with van der Waals surface area (Å²) in [6, 6.07) is 18.0. The van der Waals surface area contributed by atoms with Crippen LogP contribution in [0.25, 0.3) is 0 Å². The maximum atomic E-state index is 14.4. The SMILES string of the molecule is CCN1C(=O)C2(CC(O)c3ccccc32)C(=O)N(c2ccccc2)c2cc(C(F)(F)F)ccc21. The van der Waals surface area contributed by atoms with Crippen LogP contribution in [-0.4, -0.2) is 23.5 Å². The first-order valence-electron chi connectivity index (χ1n) is 10.9. The van der Waals surface area contributed by atoms with Crippen LogP contribution >= 0.6 is 0 Å². The van der Waals surface area contributed by atoms with E-state index in [0.29, 0.717) is 16.8 Å². The molecule has 0 saturated heterocycles. The highest BCUT2D eigenvalue weighted by atomic mass is 19.4. The number of fused-ring (bicyclic) bond motifs is 3. The maximum absolute atomic E-state index is 14.4. The molecule has 0 fully saturated rings. The molecule has 1 aliphatic heterocycles. The van der Waals surface area contributed by atoms with Gasteiger partial charge < -0.3 is 10.0 Å². The van der Waals surface area contributed by atoms with Gasteiger partial charge in [0.2, 0.25) is 5.91 Å². The number of carbonyl (C=O) groups excluding carboxylic acids is 2. The fourth-order valence-electron chi connectivity index (χ4n) is 5.08. The fourth-order valence-corrected chi connectivity index (χ4v) is 5.08. The number of hydrogen-bond donors (Lipinski definition) is 1. The quantitative estimate of drug-likeness (QED) is 0.534. The standard InChI is InChI=1S/C26H21F3N2O3/c1-2-30-20-13-12-16(26(27,28)29)14-21(20)31(17-8-4-3-5-9-17)24(34)25(23(30)33)15-22(32)18-10-6-7-11-19(18)25/h3-14,22,32H,2,15H2,1H3. The molecular formula is C26H21F3N2O3. The van der Waals surface area contributed by atoms with Crippen molar-refractivity contribution in [1.82, 2.24) is 0 Å². The minimum atomic E-state index is -4.64. The summed E-state index contributed by atoms with van der Waals surface area (Å²) in [5.74, 6) is -1.26. The van der Waals surface area contributed by atoms with Gasteiger partial charge in [-0.2, -0.15) is 13.2 Å². The molecule has 2 unspecified atom stereocenters. The number of aliphatic hydroxyl groups excluding tert-OH is 1. The maximum Gasteiger partial charge on any atom is 0.416 e. The zero-order valence-corrected chi connectivity index (χ0v) is 18.2. The number of para-hydroxylation sites is 1. The van der Waals surface area contributed by atoms with Crippen molar-refractivity contribution in [3.63, 3.8) is 0 Å². The average molecular weight is 466 g/mol. The molecule has 8 heteroatoms. The van der Waals surface area contributed by atoms with E-state index in [1.54, 1.807) is 61.5 Å². The van der Waals surface area contributed by atoms with E-state index in [9.17, 15) is 27.9 Å². The first kappa shape index (κ1) is 22.2. The van der Waals surface area contributed by atoms with Gasteiger partial charge in [0, 0.05) is 18.7 Å². The predicted molar refractivity (Wildman–Crippen MR) is 121 cm³/mol. The van der Waals surface area contributed by atoms with Gasteiger partial charge in [-0.05, 0) is 48.4 Å². The van der Waals surface area contributed by atoms with Crippen molar-refractivity contribution >= 4 is 28.9 Å². The summed E-state index contributed by atoms with van der Waals surface area (Å²) in [5, 5.41) is 10.8. The van der Waals surface area contributed by atoms with E-state index in [-0.39, 0.29) is 24.3 Å². The van der Waals surface area contributed by atoms with E-state index in [0.717, 1.165) is 12.1 Å². The topological polar surface area (TPSA) is 60.9 Å². The van der Waals surface area contributed by atoms with Gasteiger partial charge in [-0.15, -0.1) is 0 Å². The summed E-state index contributed by atoms with van der Waals surface area (Å²) in [5.41, 5.74) is -1.36. The number of hydrogen-bond acceptors (Lipinski definition) is 3.